The van der Waals surface area contributed by atoms with Gasteiger partial charge in [0.2, 0.25) is 17.7 Å². The van der Waals surface area contributed by atoms with E-state index in [1.807, 2.05) is 48.5 Å². The average molecular weight is 528 g/mol. The number of fused-ring (bicyclic) bond motifs is 1. The van der Waals surface area contributed by atoms with Gasteiger partial charge in [-0.1, -0.05) is 41.5 Å². The summed E-state index contributed by atoms with van der Waals surface area (Å²) in [5, 5.41) is 19.4. The predicted octanol–water partition coefficient (Wildman–Crippen LogP) is 3.73. The van der Waals surface area contributed by atoms with E-state index in [4.69, 9.17) is 8.83 Å². The van der Waals surface area contributed by atoms with Crippen molar-refractivity contribution in [1.82, 2.24) is 30.7 Å². The minimum Gasteiger partial charge on any atom is -0.423 e. The Morgan fingerprint density at radius 2 is 1.87 bits per heavy atom. The van der Waals surface area contributed by atoms with E-state index in [9.17, 15) is 9.59 Å². The number of thiazole rings is 1. The molecule has 1 aliphatic heterocycles. The Balaban J connectivity index is 1.16. The summed E-state index contributed by atoms with van der Waals surface area (Å²) in [5.41, 5.74) is 2.83. The molecule has 4 heterocycles. The van der Waals surface area contributed by atoms with Crippen LogP contribution in [0.5, 0.6) is 0 Å². The molecule has 2 fully saturated rings. The number of aromatic nitrogens is 5. The summed E-state index contributed by atoms with van der Waals surface area (Å²) in [5.74, 6) is 0.412. The molecular formula is C26H21N7O4S. The highest BCUT2D eigenvalue weighted by Gasteiger charge is 2.36. The first kappa shape index (κ1) is 22.7. The molecule has 2 aromatic carbocycles. The molecular weight excluding hydrogens is 506 g/mol. The molecule has 5 aromatic rings. The Morgan fingerprint density at radius 1 is 1.00 bits per heavy atom. The highest BCUT2D eigenvalue weighted by atomic mass is 32.1. The Labute approximate surface area is 219 Å². The number of carbonyl (C=O) groups is 2. The molecule has 190 valence electrons. The van der Waals surface area contributed by atoms with Gasteiger partial charge in [0.1, 0.15) is 12.6 Å². The van der Waals surface area contributed by atoms with E-state index >= 15 is 0 Å². The lowest BCUT2D eigenvalue weighted by molar-refractivity contribution is -0.120. The summed E-state index contributed by atoms with van der Waals surface area (Å²) in [4.78, 5) is 31.9. The van der Waals surface area contributed by atoms with Crippen molar-refractivity contribution in [3.8, 4) is 11.1 Å². The van der Waals surface area contributed by atoms with Crippen molar-refractivity contribution in [2.24, 2.45) is 0 Å². The molecule has 0 unspecified atom stereocenters. The molecule has 1 atom stereocenters. The lowest BCUT2D eigenvalue weighted by Gasteiger charge is -2.23. The van der Waals surface area contributed by atoms with Crippen LogP contribution in [0.4, 0.5) is 6.01 Å². The number of hydrogen-bond acceptors (Lipinski definition) is 11. The van der Waals surface area contributed by atoms with E-state index in [2.05, 4.69) is 30.7 Å². The second-order valence-electron chi connectivity index (χ2n) is 9.32. The maximum absolute atomic E-state index is 13.2. The monoisotopic (exact) mass is 527 g/mol. The van der Waals surface area contributed by atoms with E-state index in [0.717, 1.165) is 28.7 Å². The fraction of sp³-hybridized carbons (Fsp3) is 0.269. The van der Waals surface area contributed by atoms with Gasteiger partial charge in [0.15, 0.2) is 5.01 Å². The van der Waals surface area contributed by atoms with Gasteiger partial charge in [-0.3, -0.25) is 9.59 Å². The lowest BCUT2D eigenvalue weighted by atomic mass is 10.1. The van der Waals surface area contributed by atoms with Crippen molar-refractivity contribution in [3.05, 3.63) is 71.2 Å². The van der Waals surface area contributed by atoms with E-state index in [1.165, 1.54) is 11.3 Å². The van der Waals surface area contributed by atoms with Crippen LogP contribution in [-0.4, -0.2) is 49.7 Å². The highest BCUT2D eigenvalue weighted by molar-refractivity contribution is 7.20. The van der Waals surface area contributed by atoms with Crippen molar-refractivity contribution >= 4 is 39.3 Å². The molecule has 1 saturated heterocycles. The van der Waals surface area contributed by atoms with Gasteiger partial charge in [0, 0.05) is 12.5 Å². The minimum atomic E-state index is -0.562. The molecule has 11 nitrogen and oxygen atoms in total. The molecule has 1 saturated carbocycles. The second kappa shape index (κ2) is 9.14. The van der Waals surface area contributed by atoms with Crippen LogP contribution in [-0.2, 0) is 11.3 Å². The molecule has 12 heteroatoms. The van der Waals surface area contributed by atoms with Crippen LogP contribution in [0.15, 0.2) is 57.4 Å². The number of benzene rings is 2. The molecule has 7 rings (SSSR count). The van der Waals surface area contributed by atoms with Gasteiger partial charge >= 0.3 is 6.01 Å². The summed E-state index contributed by atoms with van der Waals surface area (Å²) in [6.45, 7) is 0.630. The maximum atomic E-state index is 13.2. The number of rotatable bonds is 8. The van der Waals surface area contributed by atoms with Crippen LogP contribution in [0.2, 0.25) is 0 Å². The number of nitrogens with one attached hydrogen (secondary N) is 1. The first-order valence-electron chi connectivity index (χ1n) is 12.3. The smallest absolute Gasteiger partial charge is 0.319 e. The van der Waals surface area contributed by atoms with Crippen LogP contribution >= 0.6 is 11.3 Å². The van der Waals surface area contributed by atoms with Gasteiger partial charge in [0.25, 0.3) is 11.7 Å². The first-order chi connectivity index (χ1) is 18.6. The molecule has 1 aliphatic carbocycles. The quantitative estimate of drug-likeness (QED) is 0.297. The van der Waals surface area contributed by atoms with E-state index in [1.54, 1.807) is 4.90 Å². The van der Waals surface area contributed by atoms with Gasteiger partial charge in [-0.15, -0.1) is 26.6 Å². The number of hydrogen-bond donors (Lipinski definition) is 1. The Kier molecular flexibility index (Phi) is 5.46. The van der Waals surface area contributed by atoms with Crippen molar-refractivity contribution in [2.45, 2.75) is 37.8 Å². The Hall–Kier alpha value is -4.45. The SMILES string of the molecule is O=C(c1nnc(N(Cc2nnc(C3CC3)o2)[C@H]2CCNC2=O)o1)c1nc2ccc(-c3ccccc3)cc2s1. The van der Waals surface area contributed by atoms with Crippen molar-refractivity contribution in [1.29, 1.82) is 0 Å². The summed E-state index contributed by atoms with van der Waals surface area (Å²) < 4.78 is 12.5. The van der Waals surface area contributed by atoms with Crippen LogP contribution in [0.25, 0.3) is 21.3 Å². The average Bonchev–Trinajstić information content (AvgIpc) is 3.34. The number of nitrogens with zero attached hydrogens (tertiary/aromatic N) is 6. The summed E-state index contributed by atoms with van der Waals surface area (Å²) in [6.07, 6.45) is 2.60. The first-order valence-corrected chi connectivity index (χ1v) is 13.1. The number of anilines is 1. The van der Waals surface area contributed by atoms with Gasteiger partial charge < -0.3 is 19.1 Å². The molecule has 1 N–H and O–H groups in total. The van der Waals surface area contributed by atoms with Crippen LogP contribution < -0.4 is 10.2 Å². The zero-order valence-corrected chi connectivity index (χ0v) is 20.9. The second-order valence-corrected chi connectivity index (χ2v) is 10.3. The van der Waals surface area contributed by atoms with Gasteiger partial charge in [-0.2, -0.15) is 0 Å². The number of carbonyl (C=O) groups excluding carboxylic acids is 2. The molecule has 0 spiro atoms. The van der Waals surface area contributed by atoms with E-state index in [0.29, 0.717) is 36.2 Å². The highest BCUT2D eigenvalue weighted by Crippen LogP contribution is 2.39. The minimum absolute atomic E-state index is 0.0362. The lowest BCUT2D eigenvalue weighted by Crippen LogP contribution is -2.40. The maximum Gasteiger partial charge on any atom is 0.319 e. The third kappa shape index (κ3) is 4.22. The fourth-order valence-electron chi connectivity index (χ4n) is 4.51. The van der Waals surface area contributed by atoms with Crippen LogP contribution in [0, 0.1) is 0 Å². The zero-order chi connectivity index (χ0) is 25.6. The van der Waals surface area contributed by atoms with E-state index in [-0.39, 0.29) is 29.4 Å². The standard InChI is InChI=1S/C26H21N7O4S/c34-21(25-28-17-9-8-16(12-19(17)38-25)14-4-2-1-3-5-14)24-31-32-26(37-24)33(18-10-11-27-22(18)35)13-20-29-30-23(36-20)15-6-7-15/h1-5,8-9,12,15,18H,6-7,10-11,13H2,(H,27,35)/t18-/m0/s1. The Bertz CT molecular complexity index is 1660. The van der Waals surface area contributed by atoms with Crippen LogP contribution in [0.3, 0.4) is 0 Å². The number of ketones is 1. The topological polar surface area (TPSA) is 140 Å². The van der Waals surface area contributed by atoms with Crippen molar-refractivity contribution < 1.29 is 18.4 Å². The summed E-state index contributed by atoms with van der Waals surface area (Å²) in [6, 6.07) is 15.4. The van der Waals surface area contributed by atoms with Crippen molar-refractivity contribution in [3.63, 3.8) is 0 Å². The largest absolute Gasteiger partial charge is 0.423 e. The molecule has 3 aromatic heterocycles. The van der Waals surface area contributed by atoms with Gasteiger partial charge in [-0.05, 0) is 42.5 Å². The van der Waals surface area contributed by atoms with Crippen LogP contribution in [0.1, 0.15) is 52.7 Å². The normalized spacial score (nSPS) is 17.2. The molecule has 38 heavy (non-hydrogen) atoms. The van der Waals surface area contributed by atoms with Crippen molar-refractivity contribution in [2.75, 3.05) is 11.4 Å². The zero-order valence-electron chi connectivity index (χ0n) is 20.0. The molecule has 2 aliphatic rings. The number of amides is 1. The predicted molar refractivity (Wildman–Crippen MR) is 137 cm³/mol. The molecule has 0 bridgehead atoms. The van der Waals surface area contributed by atoms with Gasteiger partial charge in [-0.25, -0.2) is 4.98 Å². The molecule has 1 amide bonds. The summed E-state index contributed by atoms with van der Waals surface area (Å²) in [7, 11) is 0. The third-order valence-electron chi connectivity index (χ3n) is 6.65. The third-order valence-corrected chi connectivity index (χ3v) is 7.67. The summed E-state index contributed by atoms with van der Waals surface area (Å²) >= 11 is 1.27. The van der Waals surface area contributed by atoms with Gasteiger partial charge in [0.05, 0.1) is 10.2 Å². The Morgan fingerprint density at radius 3 is 2.66 bits per heavy atom. The molecule has 0 radical (unpaired) electrons. The fourth-order valence-corrected chi connectivity index (χ4v) is 5.44. The van der Waals surface area contributed by atoms with E-state index < -0.39 is 11.8 Å².